The maximum atomic E-state index is 11.8. The molecule has 1 N–H and O–H groups in total. The molecule has 0 radical (unpaired) electrons. The van der Waals surface area contributed by atoms with E-state index in [9.17, 15) is 9.59 Å². The fraction of sp³-hybridized carbons (Fsp3) is 0. The third-order valence-corrected chi connectivity index (χ3v) is 3.61. The molecule has 4 heteroatoms. The number of anilines is 1. The Bertz CT molecular complexity index is 732. The fourth-order valence-electron chi connectivity index (χ4n) is 2.12. The van der Waals surface area contributed by atoms with Gasteiger partial charge in [-0.2, -0.15) is 0 Å². The lowest BCUT2D eigenvalue weighted by molar-refractivity contribution is -0.111. The zero-order valence-electron chi connectivity index (χ0n) is 10.4. The van der Waals surface area contributed by atoms with Crippen LogP contribution in [0.2, 0.25) is 0 Å². The number of benzene rings is 2. The minimum atomic E-state index is -0.497. The fourth-order valence-corrected chi connectivity index (χ4v) is 2.38. The SMILES string of the molecule is O=C1C=C(Nc2ccc(Br)cc2)c2ccccc2C1=O. The molecule has 0 amide bonds. The summed E-state index contributed by atoms with van der Waals surface area (Å²) < 4.78 is 0.979. The van der Waals surface area contributed by atoms with E-state index in [-0.39, 0.29) is 0 Å². The van der Waals surface area contributed by atoms with Gasteiger partial charge in [0.05, 0.1) is 5.70 Å². The van der Waals surface area contributed by atoms with Gasteiger partial charge in [0.25, 0.3) is 0 Å². The second-order valence-corrected chi connectivity index (χ2v) is 5.34. The Morgan fingerprint density at radius 3 is 2.20 bits per heavy atom. The minimum absolute atomic E-state index is 0.444. The molecule has 0 fully saturated rings. The van der Waals surface area contributed by atoms with Gasteiger partial charge < -0.3 is 5.32 Å². The summed E-state index contributed by atoms with van der Waals surface area (Å²) >= 11 is 3.37. The number of allylic oxidation sites excluding steroid dienone is 1. The summed E-state index contributed by atoms with van der Waals surface area (Å²) in [6, 6.07) is 14.7. The van der Waals surface area contributed by atoms with E-state index in [1.807, 2.05) is 36.4 Å². The third-order valence-electron chi connectivity index (χ3n) is 3.08. The van der Waals surface area contributed by atoms with Crippen molar-refractivity contribution in [2.75, 3.05) is 5.32 Å². The molecule has 0 atom stereocenters. The van der Waals surface area contributed by atoms with Gasteiger partial charge in [-0.1, -0.05) is 40.2 Å². The summed E-state index contributed by atoms with van der Waals surface area (Å²) in [5.41, 5.74) is 2.70. The molecule has 0 unspecified atom stereocenters. The molecule has 0 bridgehead atoms. The second kappa shape index (κ2) is 5.06. The van der Waals surface area contributed by atoms with Crippen LogP contribution in [-0.2, 0) is 4.79 Å². The highest BCUT2D eigenvalue weighted by Crippen LogP contribution is 2.26. The number of halogens is 1. The normalized spacial score (nSPS) is 13.8. The number of carbonyl (C=O) groups is 2. The van der Waals surface area contributed by atoms with E-state index in [0.29, 0.717) is 11.3 Å². The average molecular weight is 328 g/mol. The van der Waals surface area contributed by atoms with Crippen molar-refractivity contribution in [2.24, 2.45) is 0 Å². The van der Waals surface area contributed by atoms with Crippen molar-refractivity contribution in [3.63, 3.8) is 0 Å². The Morgan fingerprint density at radius 1 is 0.850 bits per heavy atom. The van der Waals surface area contributed by atoms with E-state index in [2.05, 4.69) is 21.2 Å². The Balaban J connectivity index is 2.01. The van der Waals surface area contributed by atoms with E-state index in [4.69, 9.17) is 0 Å². The molecule has 98 valence electrons. The largest absolute Gasteiger partial charge is 0.355 e. The van der Waals surface area contributed by atoms with Crippen molar-refractivity contribution in [2.45, 2.75) is 0 Å². The van der Waals surface area contributed by atoms with Crippen molar-refractivity contribution < 1.29 is 9.59 Å². The van der Waals surface area contributed by atoms with Crippen LogP contribution in [0.25, 0.3) is 5.70 Å². The molecule has 1 aliphatic carbocycles. The molecule has 0 saturated heterocycles. The molecular formula is C16H10BrNO2. The maximum Gasteiger partial charge on any atom is 0.233 e. The summed E-state index contributed by atoms with van der Waals surface area (Å²) in [4.78, 5) is 23.6. The van der Waals surface area contributed by atoms with E-state index < -0.39 is 11.6 Å². The average Bonchev–Trinajstić information content (AvgIpc) is 2.47. The molecular weight excluding hydrogens is 318 g/mol. The van der Waals surface area contributed by atoms with Crippen LogP contribution in [0.1, 0.15) is 15.9 Å². The Hall–Kier alpha value is -2.20. The van der Waals surface area contributed by atoms with Crippen LogP contribution in [0.4, 0.5) is 5.69 Å². The number of fused-ring (bicyclic) bond motifs is 1. The topological polar surface area (TPSA) is 46.2 Å². The lowest BCUT2D eigenvalue weighted by Gasteiger charge is -2.17. The highest BCUT2D eigenvalue weighted by atomic mass is 79.9. The summed E-state index contributed by atoms with van der Waals surface area (Å²) in [6.07, 6.45) is 1.35. The standard InChI is InChI=1S/C16H10BrNO2/c17-10-5-7-11(8-6-10)18-14-9-15(19)16(20)13-4-2-1-3-12(13)14/h1-9,18H. The summed E-state index contributed by atoms with van der Waals surface area (Å²) in [7, 11) is 0. The lowest BCUT2D eigenvalue weighted by Crippen LogP contribution is -2.20. The van der Waals surface area contributed by atoms with E-state index in [1.54, 1.807) is 12.1 Å². The first-order valence-electron chi connectivity index (χ1n) is 6.07. The number of rotatable bonds is 2. The highest BCUT2D eigenvalue weighted by molar-refractivity contribution is 9.10. The smallest absolute Gasteiger partial charge is 0.233 e. The quantitative estimate of drug-likeness (QED) is 0.856. The molecule has 3 nitrogen and oxygen atoms in total. The molecule has 0 aliphatic heterocycles. The Kier molecular flexibility index (Phi) is 3.24. The number of hydrogen-bond acceptors (Lipinski definition) is 3. The van der Waals surface area contributed by atoms with Crippen LogP contribution in [0.3, 0.4) is 0 Å². The second-order valence-electron chi connectivity index (χ2n) is 4.43. The van der Waals surface area contributed by atoms with Crippen molar-refractivity contribution in [3.8, 4) is 0 Å². The zero-order valence-corrected chi connectivity index (χ0v) is 12.0. The minimum Gasteiger partial charge on any atom is -0.355 e. The third kappa shape index (κ3) is 2.30. The number of ketones is 2. The van der Waals surface area contributed by atoms with Gasteiger partial charge in [0.1, 0.15) is 0 Å². The molecule has 0 aromatic heterocycles. The van der Waals surface area contributed by atoms with Crippen LogP contribution < -0.4 is 5.32 Å². The number of carbonyl (C=O) groups excluding carboxylic acids is 2. The number of nitrogens with one attached hydrogen (secondary N) is 1. The van der Waals surface area contributed by atoms with E-state index in [0.717, 1.165) is 15.7 Å². The van der Waals surface area contributed by atoms with Crippen LogP contribution in [0.15, 0.2) is 59.1 Å². The van der Waals surface area contributed by atoms with E-state index >= 15 is 0 Å². The van der Waals surface area contributed by atoms with Gasteiger partial charge in [0.2, 0.25) is 11.6 Å². The Labute approximate surface area is 124 Å². The first-order valence-corrected chi connectivity index (χ1v) is 6.87. The predicted molar refractivity (Wildman–Crippen MR) is 81.5 cm³/mol. The van der Waals surface area contributed by atoms with Crippen LogP contribution in [0, 0.1) is 0 Å². The van der Waals surface area contributed by atoms with Crippen molar-refractivity contribution in [3.05, 3.63) is 70.2 Å². The van der Waals surface area contributed by atoms with Crippen molar-refractivity contribution in [1.82, 2.24) is 0 Å². The van der Waals surface area contributed by atoms with Crippen LogP contribution >= 0.6 is 15.9 Å². The summed E-state index contributed by atoms with van der Waals surface area (Å²) in [5, 5.41) is 3.18. The van der Waals surface area contributed by atoms with Crippen LogP contribution in [-0.4, -0.2) is 11.6 Å². The number of Topliss-reactive ketones (excluding diaryl/α,β-unsaturated/α-hetero) is 1. The first-order chi connectivity index (χ1) is 9.65. The maximum absolute atomic E-state index is 11.8. The summed E-state index contributed by atoms with van der Waals surface area (Å²) in [6.45, 7) is 0. The Morgan fingerprint density at radius 2 is 1.50 bits per heavy atom. The zero-order chi connectivity index (χ0) is 14.1. The molecule has 3 rings (SSSR count). The molecule has 0 spiro atoms. The first kappa shape index (κ1) is 12.8. The number of hydrogen-bond donors (Lipinski definition) is 1. The van der Waals surface area contributed by atoms with Crippen molar-refractivity contribution >= 4 is 38.9 Å². The molecule has 20 heavy (non-hydrogen) atoms. The molecule has 2 aromatic rings. The molecule has 0 heterocycles. The highest BCUT2D eigenvalue weighted by Gasteiger charge is 2.25. The molecule has 1 aliphatic rings. The monoisotopic (exact) mass is 327 g/mol. The van der Waals surface area contributed by atoms with Gasteiger partial charge in [0, 0.05) is 27.4 Å². The van der Waals surface area contributed by atoms with Gasteiger partial charge in [-0.3, -0.25) is 9.59 Å². The van der Waals surface area contributed by atoms with Crippen LogP contribution in [0.5, 0.6) is 0 Å². The predicted octanol–water partition coefficient (Wildman–Crippen LogP) is 3.67. The van der Waals surface area contributed by atoms with E-state index in [1.165, 1.54) is 6.08 Å². The van der Waals surface area contributed by atoms with Gasteiger partial charge in [-0.15, -0.1) is 0 Å². The van der Waals surface area contributed by atoms with Gasteiger partial charge in [-0.05, 0) is 24.3 Å². The summed E-state index contributed by atoms with van der Waals surface area (Å²) in [5.74, 6) is -0.953. The van der Waals surface area contributed by atoms with Gasteiger partial charge >= 0.3 is 0 Å². The van der Waals surface area contributed by atoms with Crippen molar-refractivity contribution in [1.29, 1.82) is 0 Å². The molecule has 2 aromatic carbocycles. The van der Waals surface area contributed by atoms with Gasteiger partial charge in [-0.25, -0.2) is 0 Å². The lowest BCUT2D eigenvalue weighted by atomic mass is 9.93. The molecule has 0 saturated carbocycles. The van der Waals surface area contributed by atoms with Gasteiger partial charge in [0.15, 0.2) is 0 Å².